The molecule has 2 aromatic rings. The fraction of sp³-hybridized carbons (Fsp3) is 0.652. The second-order valence-electron chi connectivity index (χ2n) is 8.25. The van der Waals surface area contributed by atoms with E-state index in [2.05, 4.69) is 10.3 Å². The Labute approximate surface area is 190 Å². The van der Waals surface area contributed by atoms with Crippen molar-refractivity contribution in [2.24, 2.45) is 7.05 Å². The van der Waals surface area contributed by atoms with Crippen molar-refractivity contribution < 1.29 is 19.0 Å². The SMILES string of the molecule is CCCOCCN(C)C(=O)OCc1c(-c2ccc(OC3CCCCC3)c(C)n2)nnn1C. The number of hydrogen-bond acceptors (Lipinski definition) is 7. The lowest BCUT2D eigenvalue weighted by Gasteiger charge is -2.23. The minimum Gasteiger partial charge on any atom is -0.489 e. The molecule has 0 spiro atoms. The number of nitrogens with zero attached hydrogens (tertiary/aromatic N) is 5. The van der Waals surface area contributed by atoms with Gasteiger partial charge in [0.05, 0.1) is 24.1 Å². The van der Waals surface area contributed by atoms with Gasteiger partial charge in [0.1, 0.15) is 23.7 Å². The van der Waals surface area contributed by atoms with Crippen LogP contribution in [0.5, 0.6) is 5.75 Å². The molecule has 0 radical (unpaired) electrons. The van der Waals surface area contributed by atoms with E-state index in [1.807, 2.05) is 26.0 Å². The monoisotopic (exact) mass is 445 g/mol. The number of pyridine rings is 1. The maximum absolute atomic E-state index is 12.3. The lowest BCUT2D eigenvalue weighted by atomic mass is 9.98. The molecule has 2 heterocycles. The normalized spacial score (nSPS) is 14.4. The zero-order valence-corrected chi connectivity index (χ0v) is 19.7. The van der Waals surface area contributed by atoms with Gasteiger partial charge < -0.3 is 19.1 Å². The van der Waals surface area contributed by atoms with Crippen LogP contribution in [0.2, 0.25) is 0 Å². The number of aryl methyl sites for hydroxylation is 2. The number of hydrogen-bond donors (Lipinski definition) is 0. The van der Waals surface area contributed by atoms with Gasteiger partial charge in [-0.1, -0.05) is 18.6 Å². The lowest BCUT2D eigenvalue weighted by Crippen LogP contribution is -2.31. The Morgan fingerprint density at radius 1 is 1.22 bits per heavy atom. The minimum atomic E-state index is -0.419. The van der Waals surface area contributed by atoms with Crippen molar-refractivity contribution >= 4 is 6.09 Å². The van der Waals surface area contributed by atoms with E-state index >= 15 is 0 Å². The Bertz CT molecular complexity index is 879. The van der Waals surface area contributed by atoms with Crippen LogP contribution in [0.4, 0.5) is 4.79 Å². The molecule has 0 saturated heterocycles. The van der Waals surface area contributed by atoms with E-state index in [0.717, 1.165) is 30.7 Å². The van der Waals surface area contributed by atoms with Crippen molar-refractivity contribution in [2.45, 2.75) is 65.1 Å². The molecule has 1 aliphatic rings. The summed E-state index contributed by atoms with van der Waals surface area (Å²) in [5.41, 5.74) is 2.77. The average Bonchev–Trinajstić information content (AvgIpc) is 3.17. The van der Waals surface area contributed by atoms with E-state index in [1.165, 1.54) is 24.2 Å². The highest BCUT2D eigenvalue weighted by Crippen LogP contribution is 2.28. The first-order chi connectivity index (χ1) is 15.5. The van der Waals surface area contributed by atoms with E-state index in [4.69, 9.17) is 19.2 Å². The zero-order valence-electron chi connectivity index (χ0n) is 19.7. The molecule has 0 aliphatic heterocycles. The summed E-state index contributed by atoms with van der Waals surface area (Å²) in [6.07, 6.45) is 6.73. The van der Waals surface area contributed by atoms with E-state index in [9.17, 15) is 4.79 Å². The summed E-state index contributed by atoms with van der Waals surface area (Å²) in [6, 6.07) is 3.83. The summed E-state index contributed by atoms with van der Waals surface area (Å²) < 4.78 is 18.7. The average molecular weight is 446 g/mol. The van der Waals surface area contributed by atoms with Crippen LogP contribution in [0.25, 0.3) is 11.4 Å². The fourth-order valence-corrected chi connectivity index (χ4v) is 3.68. The number of carbonyl (C=O) groups is 1. The van der Waals surface area contributed by atoms with Gasteiger partial charge in [-0.15, -0.1) is 5.10 Å². The molecule has 0 atom stereocenters. The van der Waals surface area contributed by atoms with E-state index in [0.29, 0.717) is 36.8 Å². The molecule has 0 bridgehead atoms. The molecule has 1 aliphatic carbocycles. The third kappa shape index (κ3) is 6.41. The van der Waals surface area contributed by atoms with Gasteiger partial charge in [0.2, 0.25) is 0 Å². The molecule has 1 saturated carbocycles. The van der Waals surface area contributed by atoms with Crippen molar-refractivity contribution in [1.29, 1.82) is 0 Å². The first-order valence-corrected chi connectivity index (χ1v) is 11.5. The predicted octanol–water partition coefficient (Wildman–Crippen LogP) is 3.89. The number of aromatic nitrogens is 4. The Kier molecular flexibility index (Phi) is 8.84. The molecule has 1 fully saturated rings. The highest BCUT2D eigenvalue weighted by Gasteiger charge is 2.20. The molecule has 9 nitrogen and oxygen atoms in total. The first-order valence-electron chi connectivity index (χ1n) is 11.5. The van der Waals surface area contributed by atoms with Crippen molar-refractivity contribution in [3.63, 3.8) is 0 Å². The number of rotatable bonds is 10. The highest BCUT2D eigenvalue weighted by atomic mass is 16.6. The van der Waals surface area contributed by atoms with Crippen LogP contribution in [0, 0.1) is 6.92 Å². The largest absolute Gasteiger partial charge is 0.489 e. The van der Waals surface area contributed by atoms with Gasteiger partial charge in [-0.25, -0.2) is 14.5 Å². The molecular formula is C23H35N5O4. The van der Waals surface area contributed by atoms with Crippen LogP contribution in [-0.2, 0) is 23.1 Å². The molecule has 0 aromatic carbocycles. The van der Waals surface area contributed by atoms with Crippen LogP contribution in [-0.4, -0.2) is 63.9 Å². The van der Waals surface area contributed by atoms with Crippen LogP contribution >= 0.6 is 0 Å². The van der Waals surface area contributed by atoms with Crippen molar-refractivity contribution in [2.75, 3.05) is 26.8 Å². The molecular weight excluding hydrogens is 410 g/mol. The van der Waals surface area contributed by atoms with Gasteiger partial charge >= 0.3 is 6.09 Å². The third-order valence-corrected chi connectivity index (χ3v) is 5.63. The number of ether oxygens (including phenoxy) is 3. The van der Waals surface area contributed by atoms with Crippen LogP contribution in [0.3, 0.4) is 0 Å². The highest BCUT2D eigenvalue weighted by molar-refractivity contribution is 5.67. The van der Waals surface area contributed by atoms with Gasteiger partial charge in [-0.2, -0.15) is 0 Å². The van der Waals surface area contributed by atoms with Crippen molar-refractivity contribution in [3.8, 4) is 17.1 Å². The van der Waals surface area contributed by atoms with Gasteiger partial charge in [0.25, 0.3) is 0 Å². The molecule has 3 rings (SSSR count). The quantitative estimate of drug-likeness (QED) is 0.512. The van der Waals surface area contributed by atoms with Gasteiger partial charge in [-0.3, -0.25) is 0 Å². The molecule has 176 valence electrons. The topological polar surface area (TPSA) is 91.6 Å². The molecule has 9 heteroatoms. The lowest BCUT2D eigenvalue weighted by molar-refractivity contribution is 0.0789. The second-order valence-corrected chi connectivity index (χ2v) is 8.25. The van der Waals surface area contributed by atoms with Gasteiger partial charge in [-0.05, 0) is 51.2 Å². The van der Waals surface area contributed by atoms with Crippen LogP contribution in [0.15, 0.2) is 12.1 Å². The molecule has 2 aromatic heterocycles. The summed E-state index contributed by atoms with van der Waals surface area (Å²) in [7, 11) is 3.46. The molecule has 32 heavy (non-hydrogen) atoms. The zero-order chi connectivity index (χ0) is 22.9. The van der Waals surface area contributed by atoms with Crippen LogP contribution < -0.4 is 4.74 Å². The summed E-state index contributed by atoms with van der Waals surface area (Å²) in [5.74, 6) is 0.810. The Morgan fingerprint density at radius 3 is 2.72 bits per heavy atom. The van der Waals surface area contributed by atoms with Gasteiger partial charge in [0.15, 0.2) is 0 Å². The first kappa shape index (κ1) is 24.0. The minimum absolute atomic E-state index is 0.0544. The summed E-state index contributed by atoms with van der Waals surface area (Å²) in [5, 5.41) is 8.35. The van der Waals surface area contributed by atoms with E-state index in [-0.39, 0.29) is 12.7 Å². The Balaban J connectivity index is 1.62. The van der Waals surface area contributed by atoms with E-state index in [1.54, 1.807) is 18.8 Å². The van der Waals surface area contributed by atoms with Crippen molar-refractivity contribution in [3.05, 3.63) is 23.5 Å². The fourth-order valence-electron chi connectivity index (χ4n) is 3.68. The summed E-state index contributed by atoms with van der Waals surface area (Å²) in [6.45, 7) is 5.68. The second kappa shape index (κ2) is 11.8. The van der Waals surface area contributed by atoms with Crippen LogP contribution in [0.1, 0.15) is 56.8 Å². The standard InChI is InChI=1S/C23H35N5O4/c1-5-14-30-15-13-27(3)23(29)31-16-20-22(25-26-28(20)4)19-11-12-21(17(2)24-19)32-18-9-7-6-8-10-18/h11-12,18H,5-10,13-16H2,1-4H3. The van der Waals surface area contributed by atoms with E-state index < -0.39 is 6.09 Å². The maximum atomic E-state index is 12.3. The maximum Gasteiger partial charge on any atom is 0.409 e. The summed E-state index contributed by atoms with van der Waals surface area (Å²) in [4.78, 5) is 18.5. The number of carbonyl (C=O) groups excluding carboxylic acids is 1. The molecule has 1 amide bonds. The molecule has 0 unspecified atom stereocenters. The number of amides is 1. The Hall–Kier alpha value is -2.68. The third-order valence-electron chi connectivity index (χ3n) is 5.63. The smallest absolute Gasteiger partial charge is 0.409 e. The molecule has 0 N–H and O–H groups in total. The summed E-state index contributed by atoms with van der Waals surface area (Å²) >= 11 is 0. The predicted molar refractivity (Wildman–Crippen MR) is 120 cm³/mol. The number of likely N-dealkylation sites (N-methyl/N-ethyl adjacent to an activating group) is 1. The van der Waals surface area contributed by atoms with Gasteiger partial charge in [0, 0.05) is 27.2 Å². The Morgan fingerprint density at radius 2 is 2.00 bits per heavy atom. The van der Waals surface area contributed by atoms with Crippen molar-refractivity contribution in [1.82, 2.24) is 24.9 Å².